The lowest BCUT2D eigenvalue weighted by Crippen LogP contribution is -2.47. The molecular weight excluding hydrogens is 438 g/mol. The van der Waals surface area contributed by atoms with E-state index in [4.69, 9.17) is 15.2 Å². The highest BCUT2D eigenvalue weighted by Gasteiger charge is 2.47. The molecule has 1 aliphatic carbocycles. The van der Waals surface area contributed by atoms with Crippen LogP contribution < -0.4 is 10.6 Å². The van der Waals surface area contributed by atoms with Crippen molar-refractivity contribution in [1.82, 2.24) is 4.98 Å². The fourth-order valence-electron chi connectivity index (χ4n) is 4.36. The van der Waals surface area contributed by atoms with Crippen molar-refractivity contribution in [2.24, 2.45) is 11.7 Å². The van der Waals surface area contributed by atoms with E-state index in [0.29, 0.717) is 6.54 Å². The number of methoxy groups -OCH3 is 2. The number of rotatable bonds is 10. The highest BCUT2D eigenvalue weighted by molar-refractivity contribution is 5.97. The average molecular weight is 474 g/mol. The van der Waals surface area contributed by atoms with Crippen LogP contribution in [0.25, 0.3) is 11.1 Å². The number of aromatic nitrogens is 1. The number of ether oxygens (including phenoxy) is 2. The second-order valence-electron chi connectivity index (χ2n) is 9.30. The summed E-state index contributed by atoms with van der Waals surface area (Å²) in [6, 6.07) is 22.0. The maximum atomic E-state index is 13.6. The van der Waals surface area contributed by atoms with Crippen molar-refractivity contribution in [3.63, 3.8) is 0 Å². The SMILES string of the molecule is CO[C@@H](C)c1ccc(-c2ccc(N(C[C@@H](N)[C@@H](C)OC)C(=O)[C@@H]3C[C@H]3c3ccccn3)cc2)cc1. The first-order valence-electron chi connectivity index (χ1n) is 12.2. The minimum absolute atomic E-state index is 0.0574. The highest BCUT2D eigenvalue weighted by Crippen LogP contribution is 2.48. The molecule has 0 unspecified atom stereocenters. The van der Waals surface area contributed by atoms with Crippen LogP contribution in [0.5, 0.6) is 0 Å². The summed E-state index contributed by atoms with van der Waals surface area (Å²) in [5, 5.41) is 0. The molecule has 1 amide bonds. The van der Waals surface area contributed by atoms with Gasteiger partial charge in [-0.1, -0.05) is 42.5 Å². The van der Waals surface area contributed by atoms with Crippen LogP contribution in [0.3, 0.4) is 0 Å². The van der Waals surface area contributed by atoms with Crippen molar-refractivity contribution in [2.45, 2.75) is 44.4 Å². The quantitative estimate of drug-likeness (QED) is 0.451. The van der Waals surface area contributed by atoms with Gasteiger partial charge in [-0.2, -0.15) is 0 Å². The predicted molar refractivity (Wildman–Crippen MR) is 139 cm³/mol. The smallest absolute Gasteiger partial charge is 0.230 e. The summed E-state index contributed by atoms with van der Waals surface area (Å²) in [4.78, 5) is 19.9. The summed E-state index contributed by atoms with van der Waals surface area (Å²) >= 11 is 0. The molecule has 0 aliphatic heterocycles. The van der Waals surface area contributed by atoms with Crippen LogP contribution in [-0.2, 0) is 14.3 Å². The number of carbonyl (C=O) groups is 1. The van der Waals surface area contributed by atoms with Crippen LogP contribution in [0, 0.1) is 5.92 Å². The molecule has 0 spiro atoms. The summed E-state index contributed by atoms with van der Waals surface area (Å²) in [7, 11) is 3.35. The molecule has 2 aromatic carbocycles. The number of carbonyl (C=O) groups excluding carboxylic acids is 1. The summed E-state index contributed by atoms with van der Waals surface area (Å²) in [6.07, 6.45) is 2.49. The Morgan fingerprint density at radius 1 is 1.00 bits per heavy atom. The van der Waals surface area contributed by atoms with E-state index in [1.807, 2.05) is 49.1 Å². The number of anilines is 1. The van der Waals surface area contributed by atoms with Crippen molar-refractivity contribution in [3.05, 3.63) is 84.2 Å². The second kappa shape index (κ2) is 11.1. The van der Waals surface area contributed by atoms with Crippen molar-refractivity contribution >= 4 is 11.6 Å². The molecule has 0 saturated heterocycles. The molecule has 6 heteroatoms. The maximum Gasteiger partial charge on any atom is 0.230 e. The molecule has 2 N–H and O–H groups in total. The Morgan fingerprint density at radius 3 is 2.23 bits per heavy atom. The topological polar surface area (TPSA) is 77.7 Å². The molecule has 1 heterocycles. The molecule has 4 rings (SSSR count). The molecule has 1 fully saturated rings. The minimum Gasteiger partial charge on any atom is -0.380 e. The Kier molecular flexibility index (Phi) is 7.96. The molecule has 3 aromatic rings. The zero-order chi connectivity index (χ0) is 24.9. The largest absolute Gasteiger partial charge is 0.380 e. The van der Waals surface area contributed by atoms with Gasteiger partial charge in [0.1, 0.15) is 0 Å². The Labute approximate surface area is 208 Å². The molecule has 5 atom stereocenters. The fraction of sp³-hybridized carbons (Fsp3) is 0.379. The lowest BCUT2D eigenvalue weighted by Gasteiger charge is -2.29. The van der Waals surface area contributed by atoms with E-state index in [1.54, 1.807) is 20.4 Å². The molecule has 1 aliphatic rings. The standard InChI is InChI=1S/C29H35N3O3/c1-19(34-3)21-8-10-22(11-9-21)23-12-14-24(15-13-23)32(18-27(30)20(2)35-4)29(33)26-17-25(26)28-7-5-6-16-31-28/h5-16,19-20,25-27H,17-18,30H2,1-4H3/t19-,20+,25+,26+,27+/m0/s1. The first-order valence-corrected chi connectivity index (χ1v) is 12.2. The molecule has 0 bridgehead atoms. The zero-order valence-electron chi connectivity index (χ0n) is 20.9. The molecule has 1 aromatic heterocycles. The van der Waals surface area contributed by atoms with Crippen molar-refractivity contribution < 1.29 is 14.3 Å². The van der Waals surface area contributed by atoms with Crippen LogP contribution >= 0.6 is 0 Å². The van der Waals surface area contributed by atoms with Gasteiger partial charge >= 0.3 is 0 Å². The van der Waals surface area contributed by atoms with Crippen molar-refractivity contribution in [2.75, 3.05) is 25.7 Å². The maximum absolute atomic E-state index is 13.6. The van der Waals surface area contributed by atoms with E-state index >= 15 is 0 Å². The number of hydrogen-bond acceptors (Lipinski definition) is 5. The van der Waals surface area contributed by atoms with Gasteiger partial charge in [0.05, 0.1) is 12.2 Å². The van der Waals surface area contributed by atoms with Gasteiger partial charge in [-0.3, -0.25) is 9.78 Å². The van der Waals surface area contributed by atoms with Gasteiger partial charge in [-0.15, -0.1) is 0 Å². The molecule has 184 valence electrons. The predicted octanol–water partition coefficient (Wildman–Crippen LogP) is 4.95. The van der Waals surface area contributed by atoms with Crippen molar-refractivity contribution in [3.8, 4) is 11.1 Å². The van der Waals surface area contributed by atoms with Gasteiger partial charge in [0, 0.05) is 56.2 Å². The van der Waals surface area contributed by atoms with Gasteiger partial charge in [-0.25, -0.2) is 0 Å². The van der Waals surface area contributed by atoms with E-state index in [-0.39, 0.29) is 36.0 Å². The number of benzene rings is 2. The summed E-state index contributed by atoms with van der Waals surface area (Å²) < 4.78 is 10.8. The lowest BCUT2D eigenvalue weighted by atomic mass is 10.0. The van der Waals surface area contributed by atoms with Gasteiger partial charge < -0.3 is 20.1 Å². The highest BCUT2D eigenvalue weighted by atomic mass is 16.5. The zero-order valence-corrected chi connectivity index (χ0v) is 20.9. The summed E-state index contributed by atoms with van der Waals surface area (Å²) in [5.41, 5.74) is 11.6. The Hall–Kier alpha value is -3.06. The van der Waals surface area contributed by atoms with Crippen LogP contribution in [0.15, 0.2) is 72.9 Å². The normalized spacial score (nSPS) is 19.6. The van der Waals surface area contributed by atoms with E-state index < -0.39 is 0 Å². The van der Waals surface area contributed by atoms with Crippen LogP contribution in [0.4, 0.5) is 5.69 Å². The van der Waals surface area contributed by atoms with Crippen molar-refractivity contribution in [1.29, 1.82) is 0 Å². The number of amides is 1. The van der Waals surface area contributed by atoms with Gasteiger partial charge in [0.15, 0.2) is 0 Å². The Balaban J connectivity index is 1.54. The number of nitrogens with two attached hydrogens (primary N) is 1. The summed E-state index contributed by atoms with van der Waals surface area (Å²) in [6.45, 7) is 4.35. The Morgan fingerprint density at radius 2 is 1.66 bits per heavy atom. The van der Waals surface area contributed by atoms with Gasteiger partial charge in [-0.05, 0) is 61.2 Å². The molecular formula is C29H35N3O3. The lowest BCUT2D eigenvalue weighted by molar-refractivity contribution is -0.120. The van der Waals surface area contributed by atoms with E-state index in [0.717, 1.165) is 34.5 Å². The molecule has 35 heavy (non-hydrogen) atoms. The molecule has 0 radical (unpaired) electrons. The number of nitrogens with zero attached hydrogens (tertiary/aromatic N) is 2. The average Bonchev–Trinajstić information content (AvgIpc) is 3.72. The molecule has 1 saturated carbocycles. The second-order valence-corrected chi connectivity index (χ2v) is 9.30. The first-order chi connectivity index (χ1) is 16.9. The van der Waals surface area contributed by atoms with Gasteiger partial charge in [0.2, 0.25) is 5.91 Å². The number of hydrogen-bond donors (Lipinski definition) is 1. The van der Waals surface area contributed by atoms with Gasteiger partial charge in [0.25, 0.3) is 0 Å². The molecule has 6 nitrogen and oxygen atoms in total. The van der Waals surface area contributed by atoms with Crippen LogP contribution in [0.2, 0.25) is 0 Å². The van der Waals surface area contributed by atoms with E-state index in [1.165, 1.54) is 0 Å². The third kappa shape index (κ3) is 5.78. The van der Waals surface area contributed by atoms with E-state index in [9.17, 15) is 4.79 Å². The Bertz CT molecular complexity index is 1100. The third-order valence-corrected chi connectivity index (χ3v) is 7.06. The van der Waals surface area contributed by atoms with Crippen LogP contribution in [0.1, 0.15) is 43.5 Å². The monoisotopic (exact) mass is 473 g/mol. The third-order valence-electron chi connectivity index (χ3n) is 7.06. The van der Waals surface area contributed by atoms with E-state index in [2.05, 4.69) is 41.4 Å². The number of pyridine rings is 1. The fourth-order valence-corrected chi connectivity index (χ4v) is 4.36. The minimum atomic E-state index is -0.300. The van der Waals surface area contributed by atoms with Crippen LogP contribution in [-0.4, -0.2) is 43.8 Å². The summed E-state index contributed by atoms with van der Waals surface area (Å²) in [5.74, 6) is 0.171. The first kappa shape index (κ1) is 25.0.